The lowest BCUT2D eigenvalue weighted by Crippen LogP contribution is -2.42. The normalized spacial score (nSPS) is 21.2. The monoisotopic (exact) mass is 403 g/mol. The Bertz CT molecular complexity index is 1070. The number of carbonyl (C=O) groups is 1. The highest BCUT2D eigenvalue weighted by Gasteiger charge is 2.45. The third kappa shape index (κ3) is 3.28. The van der Waals surface area contributed by atoms with Crippen molar-refractivity contribution in [3.8, 4) is 6.07 Å². The molecule has 0 fully saturated rings. The molecule has 2 aliphatic rings. The van der Waals surface area contributed by atoms with Gasteiger partial charge in [-0.3, -0.25) is 9.69 Å². The molecule has 2 heterocycles. The first-order valence-electron chi connectivity index (χ1n) is 9.96. The largest absolute Gasteiger partial charge is 0.384 e. The van der Waals surface area contributed by atoms with Crippen molar-refractivity contribution in [3.05, 3.63) is 74.9 Å². The first-order chi connectivity index (χ1) is 13.9. The fourth-order valence-corrected chi connectivity index (χ4v) is 5.48. The van der Waals surface area contributed by atoms with E-state index < -0.39 is 0 Å². The van der Waals surface area contributed by atoms with E-state index >= 15 is 0 Å². The molecule has 1 atom stereocenters. The summed E-state index contributed by atoms with van der Waals surface area (Å²) in [7, 11) is 0. The number of allylic oxidation sites excluding steroid dienone is 3. The maximum Gasteiger partial charge on any atom is 0.162 e. The van der Waals surface area contributed by atoms with Gasteiger partial charge in [0.15, 0.2) is 5.78 Å². The van der Waals surface area contributed by atoms with Gasteiger partial charge in [-0.2, -0.15) is 5.26 Å². The van der Waals surface area contributed by atoms with Gasteiger partial charge in [-0.15, -0.1) is 11.3 Å². The highest BCUT2D eigenvalue weighted by atomic mass is 32.1. The highest BCUT2D eigenvalue weighted by Crippen LogP contribution is 2.51. The molecular weight excluding hydrogens is 378 g/mol. The van der Waals surface area contributed by atoms with E-state index in [9.17, 15) is 10.1 Å². The van der Waals surface area contributed by atoms with Crippen molar-refractivity contribution in [1.82, 2.24) is 0 Å². The summed E-state index contributed by atoms with van der Waals surface area (Å²) in [5, 5.41) is 10.1. The van der Waals surface area contributed by atoms with Gasteiger partial charge in [0.25, 0.3) is 0 Å². The van der Waals surface area contributed by atoms with E-state index in [1.54, 1.807) is 11.3 Å². The number of carbonyl (C=O) groups excluding carboxylic acids is 1. The highest BCUT2D eigenvalue weighted by molar-refractivity contribution is 7.12. The van der Waals surface area contributed by atoms with Crippen LogP contribution in [0.5, 0.6) is 0 Å². The molecule has 5 heteroatoms. The molecule has 4 nitrogen and oxygen atoms in total. The standard InChI is InChI=1S/C24H25N3OS/c1-4-16-10-11-20(29-16)21-17(14-25)23(26)27(15-8-6-5-7-9-15)18-12-24(2,3)13-19(28)22(18)21/h5-11,21H,4,12-13,26H2,1-3H3/t21-/m1/s1. The molecule has 0 bridgehead atoms. The third-order valence-corrected chi connectivity index (χ3v) is 7.01. The minimum atomic E-state index is -0.371. The summed E-state index contributed by atoms with van der Waals surface area (Å²) in [6.45, 7) is 6.35. The molecular formula is C24H25N3OS. The van der Waals surface area contributed by atoms with Crippen molar-refractivity contribution >= 4 is 22.8 Å². The maximum atomic E-state index is 13.4. The van der Waals surface area contributed by atoms with Crippen molar-refractivity contribution < 1.29 is 4.79 Å². The number of hydrogen-bond acceptors (Lipinski definition) is 5. The Morgan fingerprint density at radius 3 is 2.55 bits per heavy atom. The van der Waals surface area contributed by atoms with E-state index in [2.05, 4.69) is 39.0 Å². The quantitative estimate of drug-likeness (QED) is 0.760. The van der Waals surface area contributed by atoms with E-state index in [0.29, 0.717) is 17.8 Å². The Hall–Kier alpha value is -2.84. The number of thiophene rings is 1. The van der Waals surface area contributed by atoms with Crippen LogP contribution in [-0.4, -0.2) is 5.78 Å². The lowest BCUT2D eigenvalue weighted by atomic mass is 9.69. The smallest absolute Gasteiger partial charge is 0.162 e. The summed E-state index contributed by atoms with van der Waals surface area (Å²) in [5.41, 5.74) is 9.49. The predicted octanol–water partition coefficient (Wildman–Crippen LogP) is 5.25. The van der Waals surface area contributed by atoms with E-state index in [1.807, 2.05) is 35.2 Å². The molecule has 29 heavy (non-hydrogen) atoms. The van der Waals surface area contributed by atoms with Crippen LogP contribution in [0.25, 0.3) is 0 Å². The zero-order valence-corrected chi connectivity index (χ0v) is 17.8. The second-order valence-electron chi connectivity index (χ2n) is 8.47. The summed E-state index contributed by atoms with van der Waals surface area (Å²) in [4.78, 5) is 17.6. The van der Waals surface area contributed by atoms with Crippen molar-refractivity contribution in [2.24, 2.45) is 11.1 Å². The fourth-order valence-electron chi connectivity index (χ4n) is 4.40. The van der Waals surface area contributed by atoms with E-state index in [-0.39, 0.29) is 17.1 Å². The topological polar surface area (TPSA) is 70.1 Å². The summed E-state index contributed by atoms with van der Waals surface area (Å²) in [6, 6.07) is 16.3. The minimum absolute atomic E-state index is 0.119. The van der Waals surface area contributed by atoms with Crippen molar-refractivity contribution in [2.45, 2.75) is 46.0 Å². The summed E-state index contributed by atoms with van der Waals surface area (Å²) >= 11 is 1.67. The van der Waals surface area contributed by atoms with Gasteiger partial charge in [0.05, 0.1) is 17.6 Å². The van der Waals surface area contributed by atoms with Gasteiger partial charge in [-0.1, -0.05) is 39.0 Å². The molecule has 0 saturated heterocycles. The van der Waals surface area contributed by atoms with Crippen molar-refractivity contribution in [2.75, 3.05) is 4.90 Å². The SMILES string of the molecule is CCc1ccc([C@H]2C(C#N)=C(N)N(c3ccccc3)C3=C2C(=O)CC(C)(C)C3)s1. The summed E-state index contributed by atoms with van der Waals surface area (Å²) in [6.07, 6.45) is 2.15. The van der Waals surface area contributed by atoms with Crippen LogP contribution >= 0.6 is 11.3 Å². The number of ketones is 1. The molecule has 1 aromatic heterocycles. The lowest BCUT2D eigenvalue weighted by molar-refractivity contribution is -0.118. The molecule has 2 aromatic rings. The molecule has 148 valence electrons. The number of rotatable bonds is 3. The molecule has 0 saturated carbocycles. The summed E-state index contributed by atoms with van der Waals surface area (Å²) < 4.78 is 0. The van der Waals surface area contributed by atoms with Gasteiger partial charge in [0.2, 0.25) is 0 Å². The van der Waals surface area contributed by atoms with E-state index in [4.69, 9.17) is 5.73 Å². The molecule has 0 radical (unpaired) electrons. The van der Waals surface area contributed by atoms with Gasteiger partial charge >= 0.3 is 0 Å². The van der Waals surface area contributed by atoms with Gasteiger partial charge in [0.1, 0.15) is 5.82 Å². The Labute approximate surface area is 176 Å². The summed E-state index contributed by atoms with van der Waals surface area (Å²) in [5.74, 6) is 0.178. The number of anilines is 1. The number of benzene rings is 1. The van der Waals surface area contributed by atoms with Gasteiger partial charge in [-0.05, 0) is 42.5 Å². The molecule has 1 aliphatic carbocycles. The van der Waals surface area contributed by atoms with Crippen LogP contribution in [0.4, 0.5) is 5.69 Å². The van der Waals surface area contributed by atoms with Crippen molar-refractivity contribution in [1.29, 1.82) is 5.26 Å². The molecule has 0 unspecified atom stereocenters. The molecule has 1 aromatic carbocycles. The number of para-hydroxylation sites is 1. The molecule has 1 aliphatic heterocycles. The van der Waals surface area contributed by atoms with Gasteiger partial charge in [-0.25, -0.2) is 0 Å². The Kier molecular flexibility index (Phi) is 4.84. The molecule has 4 rings (SSSR count). The predicted molar refractivity (Wildman–Crippen MR) is 117 cm³/mol. The van der Waals surface area contributed by atoms with Crippen LogP contribution in [0, 0.1) is 16.7 Å². The van der Waals surface area contributed by atoms with Crippen LogP contribution in [-0.2, 0) is 11.2 Å². The van der Waals surface area contributed by atoms with E-state index in [0.717, 1.165) is 34.7 Å². The molecule has 0 spiro atoms. The van der Waals surface area contributed by atoms with Crippen LogP contribution in [0.3, 0.4) is 0 Å². The first-order valence-corrected chi connectivity index (χ1v) is 10.8. The molecule has 2 N–H and O–H groups in total. The number of nitriles is 1. The van der Waals surface area contributed by atoms with Crippen LogP contribution in [0.1, 0.15) is 49.3 Å². The second kappa shape index (κ2) is 7.20. The zero-order chi connectivity index (χ0) is 20.8. The Balaban J connectivity index is 1.98. The fraction of sp³-hybridized carbons (Fsp3) is 0.333. The van der Waals surface area contributed by atoms with Gasteiger partial charge in [0, 0.05) is 33.1 Å². The first kappa shape index (κ1) is 19.5. The Morgan fingerprint density at radius 2 is 1.93 bits per heavy atom. The van der Waals surface area contributed by atoms with Crippen LogP contribution in [0.2, 0.25) is 0 Å². The van der Waals surface area contributed by atoms with Crippen LogP contribution < -0.4 is 10.6 Å². The maximum absolute atomic E-state index is 13.4. The lowest BCUT2D eigenvalue weighted by Gasteiger charge is -2.43. The minimum Gasteiger partial charge on any atom is -0.384 e. The Morgan fingerprint density at radius 1 is 1.21 bits per heavy atom. The third-order valence-electron chi connectivity index (χ3n) is 5.71. The second-order valence-corrected chi connectivity index (χ2v) is 9.67. The number of nitrogens with two attached hydrogens (primary N) is 1. The van der Waals surface area contributed by atoms with E-state index in [1.165, 1.54) is 4.88 Å². The number of hydrogen-bond donors (Lipinski definition) is 1. The van der Waals surface area contributed by atoms with Gasteiger partial charge < -0.3 is 5.73 Å². The number of aryl methyl sites for hydroxylation is 1. The number of Topliss-reactive ketones (excluding diaryl/α,β-unsaturated/α-hetero) is 1. The molecule has 0 amide bonds. The van der Waals surface area contributed by atoms with Crippen molar-refractivity contribution in [3.63, 3.8) is 0 Å². The van der Waals surface area contributed by atoms with Crippen LogP contribution in [0.15, 0.2) is 65.1 Å². The average Bonchev–Trinajstić information content (AvgIpc) is 3.15. The number of nitrogens with zero attached hydrogens (tertiary/aromatic N) is 2. The zero-order valence-electron chi connectivity index (χ0n) is 17.0. The average molecular weight is 404 g/mol.